The van der Waals surface area contributed by atoms with Crippen molar-refractivity contribution in [2.45, 2.75) is 33.6 Å². The molecule has 0 aromatic carbocycles. The topological polar surface area (TPSA) is 65.2 Å². The first-order valence-electron chi connectivity index (χ1n) is 7.22. The van der Waals surface area contributed by atoms with E-state index in [9.17, 15) is 0 Å². The number of hydrogen-bond acceptors (Lipinski definition) is 5. The molecule has 1 fully saturated rings. The maximum Gasteiger partial charge on any atom is 0.128 e. The molecule has 0 aliphatic carbocycles. The molecule has 2 rings (SSSR count). The predicted octanol–water partition coefficient (Wildman–Crippen LogP) is 3.44. The Morgan fingerprint density at radius 2 is 2.10 bits per heavy atom. The average Bonchev–Trinajstić information content (AvgIpc) is 2.39. The van der Waals surface area contributed by atoms with Crippen LogP contribution in [0.1, 0.15) is 33.0 Å². The minimum atomic E-state index is 0.721. The maximum atomic E-state index is 7.01. The molecule has 1 aliphatic rings. The van der Waals surface area contributed by atoms with Crippen molar-refractivity contribution < 1.29 is 0 Å². The minimum absolute atomic E-state index is 0.721. The van der Waals surface area contributed by atoms with Crippen LogP contribution < -0.4 is 4.90 Å². The highest BCUT2D eigenvalue weighted by Gasteiger charge is 2.29. The number of rotatable bonds is 6. The second kappa shape index (κ2) is 6.59. The molecule has 0 spiro atoms. The van der Waals surface area contributed by atoms with E-state index in [0.29, 0.717) is 0 Å². The normalized spacial score (nSPS) is 16.4. The zero-order valence-electron chi connectivity index (χ0n) is 12.5. The molecule has 0 atom stereocenters. The van der Waals surface area contributed by atoms with E-state index in [0.717, 1.165) is 55.0 Å². The van der Waals surface area contributed by atoms with Gasteiger partial charge in [-0.3, -0.25) is 0 Å². The monoisotopic (exact) mass is 273 g/mol. The molecule has 20 heavy (non-hydrogen) atoms. The molecule has 2 heterocycles. The van der Waals surface area contributed by atoms with Crippen molar-refractivity contribution in [2.75, 3.05) is 18.0 Å². The van der Waals surface area contributed by atoms with Gasteiger partial charge in [0.15, 0.2) is 0 Å². The van der Waals surface area contributed by atoms with Crippen LogP contribution in [0.4, 0.5) is 5.69 Å². The van der Waals surface area contributed by atoms with E-state index in [1.165, 1.54) is 0 Å². The molecule has 5 nitrogen and oxygen atoms in total. The first-order chi connectivity index (χ1) is 9.63. The van der Waals surface area contributed by atoms with Crippen LogP contribution in [0.2, 0.25) is 0 Å². The van der Waals surface area contributed by atoms with Crippen molar-refractivity contribution in [3.63, 3.8) is 0 Å². The van der Waals surface area contributed by atoms with Crippen LogP contribution in [-0.4, -0.2) is 23.1 Å². The van der Waals surface area contributed by atoms with E-state index >= 15 is 0 Å². The maximum absolute atomic E-state index is 7.01. The van der Waals surface area contributed by atoms with E-state index < -0.39 is 0 Å². The first-order valence-corrected chi connectivity index (χ1v) is 7.22. The molecule has 1 aliphatic heterocycles. The Kier molecular flexibility index (Phi) is 4.82. The molecule has 0 saturated carbocycles. The number of allylic oxidation sites excluding steroid dienone is 2. The smallest absolute Gasteiger partial charge is 0.128 e. The van der Waals surface area contributed by atoms with Gasteiger partial charge >= 0.3 is 0 Å². The Morgan fingerprint density at radius 3 is 2.60 bits per heavy atom. The van der Waals surface area contributed by atoms with Crippen LogP contribution in [0.5, 0.6) is 0 Å². The summed E-state index contributed by atoms with van der Waals surface area (Å²) in [6, 6.07) is 0. The van der Waals surface area contributed by atoms with E-state index in [-0.39, 0.29) is 0 Å². The third kappa shape index (κ3) is 3.40. The lowest BCUT2D eigenvalue weighted by atomic mass is 9.88. The molecular formula is C15H23N5. The predicted molar refractivity (Wildman–Crippen MR) is 79.8 cm³/mol. The summed E-state index contributed by atoms with van der Waals surface area (Å²) in [5.41, 5.74) is 8.90. The van der Waals surface area contributed by atoms with Crippen LogP contribution in [0, 0.1) is 17.4 Å². The Balaban J connectivity index is 1.86. The van der Waals surface area contributed by atoms with Gasteiger partial charge in [0.25, 0.3) is 0 Å². The molecule has 1 saturated heterocycles. The number of aryl methyl sites for hydroxylation is 1. The van der Waals surface area contributed by atoms with E-state index in [2.05, 4.69) is 33.8 Å². The van der Waals surface area contributed by atoms with Crippen LogP contribution in [0.25, 0.3) is 0 Å². The summed E-state index contributed by atoms with van der Waals surface area (Å²) in [5, 5.41) is 3.46. The van der Waals surface area contributed by atoms with Gasteiger partial charge in [-0.15, -0.1) is 0 Å². The Bertz CT molecular complexity index is 472. The van der Waals surface area contributed by atoms with Crippen LogP contribution in [0.3, 0.4) is 0 Å². The molecule has 0 amide bonds. The number of aromatic nitrogens is 2. The van der Waals surface area contributed by atoms with Crippen molar-refractivity contribution in [3.8, 4) is 0 Å². The molecule has 0 radical (unpaired) electrons. The average molecular weight is 273 g/mol. The molecule has 5 heteroatoms. The second-order valence-electron chi connectivity index (χ2n) is 5.66. The summed E-state index contributed by atoms with van der Waals surface area (Å²) in [5.74, 6) is 2.36. The lowest BCUT2D eigenvalue weighted by Gasteiger charge is -2.42. The van der Waals surface area contributed by atoms with Crippen molar-refractivity contribution >= 4 is 5.69 Å². The number of hydrogen-bond donors (Lipinski definition) is 1. The van der Waals surface area contributed by atoms with Crippen molar-refractivity contribution in [2.24, 2.45) is 17.0 Å². The SMILES string of the molecule is C/C=C(/CCc1ncc(N2CC(C(C)C)C2)cn1)N=N. The Hall–Kier alpha value is -1.78. The first kappa shape index (κ1) is 14.6. The van der Waals surface area contributed by atoms with Crippen LogP contribution in [-0.2, 0) is 6.42 Å². The van der Waals surface area contributed by atoms with Gasteiger partial charge in [-0.2, -0.15) is 5.11 Å². The highest BCUT2D eigenvalue weighted by molar-refractivity contribution is 5.45. The minimum Gasteiger partial charge on any atom is -0.368 e. The van der Waals surface area contributed by atoms with Crippen molar-refractivity contribution in [1.82, 2.24) is 9.97 Å². The lowest BCUT2D eigenvalue weighted by molar-refractivity contribution is 0.309. The quantitative estimate of drug-likeness (QED) is 0.807. The summed E-state index contributed by atoms with van der Waals surface area (Å²) < 4.78 is 0. The van der Waals surface area contributed by atoms with Gasteiger partial charge in [0.05, 0.1) is 23.8 Å². The van der Waals surface area contributed by atoms with E-state index in [4.69, 9.17) is 5.53 Å². The summed E-state index contributed by atoms with van der Waals surface area (Å²) in [4.78, 5) is 11.1. The van der Waals surface area contributed by atoms with Crippen molar-refractivity contribution in [3.05, 3.63) is 30.0 Å². The summed E-state index contributed by atoms with van der Waals surface area (Å²) >= 11 is 0. The summed E-state index contributed by atoms with van der Waals surface area (Å²) in [7, 11) is 0. The van der Waals surface area contributed by atoms with Crippen LogP contribution in [0.15, 0.2) is 29.3 Å². The number of anilines is 1. The van der Waals surface area contributed by atoms with Gasteiger partial charge in [-0.25, -0.2) is 15.5 Å². The van der Waals surface area contributed by atoms with Gasteiger partial charge in [-0.1, -0.05) is 19.9 Å². The zero-order chi connectivity index (χ0) is 14.5. The van der Waals surface area contributed by atoms with Crippen molar-refractivity contribution in [1.29, 1.82) is 5.53 Å². The zero-order valence-corrected chi connectivity index (χ0v) is 12.5. The largest absolute Gasteiger partial charge is 0.368 e. The van der Waals surface area contributed by atoms with E-state index in [1.54, 1.807) is 0 Å². The Morgan fingerprint density at radius 1 is 1.45 bits per heavy atom. The number of nitrogens with zero attached hydrogens (tertiary/aromatic N) is 4. The fourth-order valence-electron chi connectivity index (χ4n) is 2.29. The van der Waals surface area contributed by atoms with Gasteiger partial charge in [-0.05, 0) is 25.2 Å². The molecule has 0 unspecified atom stereocenters. The lowest BCUT2D eigenvalue weighted by Crippen LogP contribution is -2.49. The van der Waals surface area contributed by atoms with Gasteiger partial charge in [0.1, 0.15) is 5.82 Å². The molecule has 108 valence electrons. The van der Waals surface area contributed by atoms with Gasteiger partial charge in [0.2, 0.25) is 0 Å². The van der Waals surface area contributed by atoms with E-state index in [1.807, 2.05) is 25.4 Å². The fourth-order valence-corrected chi connectivity index (χ4v) is 2.29. The highest BCUT2D eigenvalue weighted by atomic mass is 15.2. The summed E-state index contributed by atoms with van der Waals surface area (Å²) in [6.07, 6.45) is 7.13. The Labute approximate surface area is 120 Å². The number of nitrogens with one attached hydrogen (secondary N) is 1. The van der Waals surface area contributed by atoms with Gasteiger partial charge in [0, 0.05) is 19.5 Å². The highest BCUT2D eigenvalue weighted by Crippen LogP contribution is 2.28. The standard InChI is InChI=1S/C15H23N5/c1-4-13(19-16)5-6-15-17-7-14(8-18-15)20-9-12(10-20)11(2)3/h4,7-8,11-12,16H,5-6,9-10H2,1-3H3/b13-4-,19-16?. The summed E-state index contributed by atoms with van der Waals surface area (Å²) in [6.45, 7) is 8.67. The molecule has 1 N–H and O–H groups in total. The molecule has 1 aromatic rings. The third-order valence-electron chi connectivity index (χ3n) is 3.99. The fraction of sp³-hybridized carbons (Fsp3) is 0.600. The second-order valence-corrected chi connectivity index (χ2v) is 5.66. The van der Waals surface area contributed by atoms with Gasteiger partial charge < -0.3 is 4.90 Å². The third-order valence-corrected chi connectivity index (χ3v) is 3.99. The molecule has 1 aromatic heterocycles. The molecule has 0 bridgehead atoms. The molecular weight excluding hydrogens is 250 g/mol. The van der Waals surface area contributed by atoms with Crippen LogP contribution >= 0.6 is 0 Å².